The zero-order valence-corrected chi connectivity index (χ0v) is 18.4. The summed E-state index contributed by atoms with van der Waals surface area (Å²) in [5.74, 6) is 0.562. The van der Waals surface area contributed by atoms with Crippen LogP contribution in [0.1, 0.15) is 39.9 Å². The van der Waals surface area contributed by atoms with Crippen molar-refractivity contribution in [3.63, 3.8) is 0 Å². The number of benzene rings is 1. The van der Waals surface area contributed by atoms with Gasteiger partial charge >= 0.3 is 0 Å². The van der Waals surface area contributed by atoms with Gasteiger partial charge in [0.1, 0.15) is 5.75 Å². The number of aryl methyl sites for hydroxylation is 1. The van der Waals surface area contributed by atoms with Crippen molar-refractivity contribution < 1.29 is 14.3 Å². The predicted octanol–water partition coefficient (Wildman–Crippen LogP) is 2.43. The first-order chi connectivity index (χ1) is 15.1. The molecule has 2 aromatic heterocycles. The maximum absolute atomic E-state index is 13.0. The Balaban J connectivity index is 1.47. The Kier molecular flexibility index (Phi) is 6.31. The number of carbonyl (C=O) groups excluding carboxylic acids is 2. The number of hydrogen-bond donors (Lipinski definition) is 1. The highest BCUT2D eigenvalue weighted by Gasteiger charge is 2.29. The summed E-state index contributed by atoms with van der Waals surface area (Å²) in [5, 5.41) is 9.40. The minimum absolute atomic E-state index is 0.0189. The first kappa shape index (κ1) is 21.0. The van der Waals surface area contributed by atoms with Gasteiger partial charge in [-0.25, -0.2) is 4.98 Å². The molecule has 4 rings (SSSR count). The van der Waals surface area contributed by atoms with Crippen molar-refractivity contribution in [3.05, 3.63) is 63.4 Å². The second-order valence-corrected chi connectivity index (χ2v) is 8.06. The van der Waals surface area contributed by atoms with Gasteiger partial charge in [-0.1, -0.05) is 12.1 Å². The number of nitrogens with one attached hydrogen (secondary N) is 1. The Morgan fingerprint density at radius 2 is 2.06 bits per heavy atom. The minimum Gasteiger partial charge on any atom is -0.497 e. The number of ether oxygens (including phenoxy) is 1. The lowest BCUT2D eigenvalue weighted by Gasteiger charge is -2.27. The van der Waals surface area contributed by atoms with Gasteiger partial charge in [0.15, 0.2) is 5.69 Å². The monoisotopic (exact) mass is 439 g/mol. The maximum Gasteiger partial charge on any atom is 0.272 e. The number of amides is 2. The van der Waals surface area contributed by atoms with Gasteiger partial charge in [0.05, 0.1) is 24.7 Å². The van der Waals surface area contributed by atoms with Gasteiger partial charge in [-0.05, 0) is 24.6 Å². The van der Waals surface area contributed by atoms with Crippen molar-refractivity contribution in [2.24, 2.45) is 0 Å². The lowest BCUT2D eigenvalue weighted by atomic mass is 10.0. The molecule has 1 N–H and O–H groups in total. The molecule has 9 heteroatoms. The molecule has 0 saturated heterocycles. The molecule has 1 aliphatic heterocycles. The fourth-order valence-corrected chi connectivity index (χ4v) is 4.31. The summed E-state index contributed by atoms with van der Waals surface area (Å²) >= 11 is 1.48. The summed E-state index contributed by atoms with van der Waals surface area (Å²) in [6.07, 6.45) is 0.963. The lowest BCUT2D eigenvalue weighted by Crippen LogP contribution is -2.38. The van der Waals surface area contributed by atoms with E-state index in [2.05, 4.69) is 15.4 Å². The number of methoxy groups -OCH3 is 1. The lowest BCUT2D eigenvalue weighted by molar-refractivity contribution is -0.131. The number of carbonyl (C=O) groups is 2. The van der Waals surface area contributed by atoms with E-state index in [4.69, 9.17) is 4.74 Å². The van der Waals surface area contributed by atoms with Crippen LogP contribution in [0, 0.1) is 0 Å². The summed E-state index contributed by atoms with van der Waals surface area (Å²) in [5.41, 5.74) is 5.76. The quantitative estimate of drug-likeness (QED) is 0.611. The zero-order valence-electron chi connectivity index (χ0n) is 17.6. The predicted molar refractivity (Wildman–Crippen MR) is 117 cm³/mol. The number of rotatable bonds is 7. The number of nitrogens with zero attached hydrogens (tertiary/aromatic N) is 4. The SMILES string of the molecule is CCn1nc(C(=O)NCc2ccc(OC)cc2)c2c1CCN(C(=O)Cc1cscn1)C2. The van der Waals surface area contributed by atoms with E-state index < -0.39 is 0 Å². The molecule has 0 fully saturated rings. The van der Waals surface area contributed by atoms with Crippen LogP contribution in [0.5, 0.6) is 5.75 Å². The van der Waals surface area contributed by atoms with Gasteiger partial charge in [-0.3, -0.25) is 14.3 Å². The second-order valence-electron chi connectivity index (χ2n) is 7.34. The molecule has 3 heterocycles. The average Bonchev–Trinajstić information content (AvgIpc) is 3.44. The van der Waals surface area contributed by atoms with Crippen LogP contribution in [0.3, 0.4) is 0 Å². The molecule has 0 unspecified atom stereocenters. The Morgan fingerprint density at radius 1 is 1.26 bits per heavy atom. The molecule has 0 atom stereocenters. The highest BCUT2D eigenvalue weighted by molar-refractivity contribution is 7.07. The smallest absolute Gasteiger partial charge is 0.272 e. The topological polar surface area (TPSA) is 89.4 Å². The summed E-state index contributed by atoms with van der Waals surface area (Å²) in [6, 6.07) is 7.55. The molecule has 0 spiro atoms. The molecule has 162 valence electrons. The van der Waals surface area contributed by atoms with Crippen LogP contribution in [0.4, 0.5) is 0 Å². The summed E-state index contributed by atoms with van der Waals surface area (Å²) < 4.78 is 7.04. The third-order valence-electron chi connectivity index (χ3n) is 5.43. The number of fused-ring (bicyclic) bond motifs is 1. The Hall–Kier alpha value is -3.20. The Morgan fingerprint density at radius 3 is 2.74 bits per heavy atom. The van der Waals surface area contributed by atoms with Crippen LogP contribution in [0.15, 0.2) is 35.2 Å². The molecule has 31 heavy (non-hydrogen) atoms. The minimum atomic E-state index is -0.229. The van der Waals surface area contributed by atoms with Crippen molar-refractivity contribution >= 4 is 23.2 Å². The third kappa shape index (κ3) is 4.61. The molecule has 0 bridgehead atoms. The Labute approximate surface area is 184 Å². The second kappa shape index (κ2) is 9.30. The fraction of sp³-hybridized carbons (Fsp3) is 0.364. The average molecular weight is 440 g/mol. The van der Waals surface area contributed by atoms with E-state index in [1.807, 2.05) is 41.3 Å². The zero-order chi connectivity index (χ0) is 21.8. The first-order valence-corrected chi connectivity index (χ1v) is 11.2. The molecule has 1 aromatic carbocycles. The number of aromatic nitrogens is 3. The molecule has 3 aromatic rings. The van der Waals surface area contributed by atoms with Crippen LogP contribution in [-0.2, 0) is 37.3 Å². The van der Waals surface area contributed by atoms with Crippen molar-refractivity contribution in [1.29, 1.82) is 0 Å². The van der Waals surface area contributed by atoms with Gasteiger partial charge in [-0.2, -0.15) is 5.10 Å². The van der Waals surface area contributed by atoms with E-state index in [0.29, 0.717) is 38.3 Å². The van der Waals surface area contributed by atoms with E-state index in [0.717, 1.165) is 28.3 Å². The van der Waals surface area contributed by atoms with Crippen LogP contribution >= 0.6 is 11.3 Å². The molecule has 2 amide bonds. The maximum atomic E-state index is 13.0. The van der Waals surface area contributed by atoms with Crippen molar-refractivity contribution in [2.45, 2.75) is 39.4 Å². The van der Waals surface area contributed by atoms with E-state index in [9.17, 15) is 9.59 Å². The highest BCUT2D eigenvalue weighted by atomic mass is 32.1. The van der Waals surface area contributed by atoms with Gasteiger partial charge in [0.25, 0.3) is 5.91 Å². The molecule has 8 nitrogen and oxygen atoms in total. The molecule has 0 saturated carbocycles. The number of thiazole rings is 1. The van der Waals surface area contributed by atoms with E-state index in [-0.39, 0.29) is 18.2 Å². The highest BCUT2D eigenvalue weighted by Crippen LogP contribution is 2.24. The van der Waals surface area contributed by atoms with Crippen molar-refractivity contribution in [1.82, 2.24) is 25.0 Å². The van der Waals surface area contributed by atoms with E-state index in [1.54, 1.807) is 17.5 Å². The van der Waals surface area contributed by atoms with Crippen molar-refractivity contribution in [3.8, 4) is 5.75 Å². The molecular formula is C22H25N5O3S. The molecule has 1 aliphatic rings. The standard InChI is InChI=1S/C22H25N5O3S/c1-3-27-19-8-9-26(20(28)10-16-13-31-14-24-16)12-18(19)21(25-27)22(29)23-11-15-4-6-17(30-2)7-5-15/h4-7,13-14H,3,8-12H2,1-2H3,(H,23,29). The van der Waals surface area contributed by atoms with E-state index >= 15 is 0 Å². The summed E-state index contributed by atoms with van der Waals surface area (Å²) in [6.45, 7) is 4.09. The van der Waals surface area contributed by atoms with Crippen LogP contribution in [-0.4, -0.2) is 45.1 Å². The van der Waals surface area contributed by atoms with Gasteiger partial charge in [0, 0.05) is 49.2 Å². The van der Waals surface area contributed by atoms with Crippen molar-refractivity contribution in [2.75, 3.05) is 13.7 Å². The van der Waals surface area contributed by atoms with Crippen LogP contribution in [0.2, 0.25) is 0 Å². The van der Waals surface area contributed by atoms with Crippen LogP contribution in [0.25, 0.3) is 0 Å². The first-order valence-electron chi connectivity index (χ1n) is 10.2. The largest absolute Gasteiger partial charge is 0.497 e. The summed E-state index contributed by atoms with van der Waals surface area (Å²) in [7, 11) is 1.62. The third-order valence-corrected chi connectivity index (χ3v) is 6.06. The fourth-order valence-electron chi connectivity index (χ4n) is 3.75. The Bertz CT molecular complexity index is 1060. The normalized spacial score (nSPS) is 13.0. The molecule has 0 radical (unpaired) electrons. The molecule has 0 aliphatic carbocycles. The van der Waals surface area contributed by atoms with Crippen LogP contribution < -0.4 is 10.1 Å². The van der Waals surface area contributed by atoms with Gasteiger partial charge < -0.3 is 15.0 Å². The number of hydrogen-bond acceptors (Lipinski definition) is 6. The summed E-state index contributed by atoms with van der Waals surface area (Å²) in [4.78, 5) is 31.7. The van der Waals surface area contributed by atoms with Gasteiger partial charge in [-0.15, -0.1) is 11.3 Å². The van der Waals surface area contributed by atoms with Gasteiger partial charge in [0.2, 0.25) is 5.91 Å². The molecular weight excluding hydrogens is 414 g/mol. The van der Waals surface area contributed by atoms with E-state index in [1.165, 1.54) is 11.3 Å².